The van der Waals surface area contributed by atoms with E-state index in [4.69, 9.17) is 0 Å². The maximum Gasteiger partial charge on any atom is 0.195 e. The predicted octanol–water partition coefficient (Wildman–Crippen LogP) is 7.80. The number of halogens is 6. The lowest BCUT2D eigenvalue weighted by Gasteiger charge is -2.27. The first-order valence-corrected chi connectivity index (χ1v) is 9.68. The summed E-state index contributed by atoms with van der Waals surface area (Å²) in [6, 6.07) is 4.82. The second-order valence-corrected chi connectivity index (χ2v) is 7.75. The molecule has 0 radical (unpaired) electrons. The number of hydrogen-bond acceptors (Lipinski definition) is 0. The van der Waals surface area contributed by atoms with Crippen LogP contribution in [-0.4, -0.2) is 0 Å². The molecule has 0 heterocycles. The van der Waals surface area contributed by atoms with Crippen LogP contribution in [0.3, 0.4) is 0 Å². The van der Waals surface area contributed by atoms with Crippen molar-refractivity contribution in [1.82, 2.24) is 0 Å². The van der Waals surface area contributed by atoms with E-state index in [1.165, 1.54) is 12.1 Å². The van der Waals surface area contributed by atoms with Crippen LogP contribution in [0.1, 0.15) is 37.2 Å². The molecule has 4 rings (SSSR count). The first kappa shape index (κ1) is 20.5. The van der Waals surface area contributed by atoms with E-state index in [2.05, 4.69) is 6.58 Å². The van der Waals surface area contributed by atoms with Crippen molar-refractivity contribution in [3.63, 3.8) is 0 Å². The van der Waals surface area contributed by atoms with E-state index in [0.29, 0.717) is 17.5 Å². The highest BCUT2D eigenvalue weighted by molar-refractivity contribution is 5.88. The minimum atomic E-state index is -1.80. The van der Waals surface area contributed by atoms with Gasteiger partial charge in [-0.2, -0.15) is 0 Å². The highest BCUT2D eigenvalue weighted by atomic mass is 19.2. The summed E-state index contributed by atoms with van der Waals surface area (Å²) in [5, 5.41) is -1.10. The van der Waals surface area contributed by atoms with Crippen LogP contribution < -0.4 is 0 Å². The molecule has 1 aliphatic carbocycles. The van der Waals surface area contributed by atoms with Crippen LogP contribution in [0, 0.1) is 40.8 Å². The zero-order chi connectivity index (χ0) is 21.6. The summed E-state index contributed by atoms with van der Waals surface area (Å²) in [6.45, 7) is 3.78. The van der Waals surface area contributed by atoms with Gasteiger partial charge in [0.05, 0.1) is 10.9 Å². The predicted molar refractivity (Wildman–Crippen MR) is 104 cm³/mol. The molecule has 0 aliphatic heterocycles. The molecule has 0 nitrogen and oxygen atoms in total. The van der Waals surface area contributed by atoms with Gasteiger partial charge >= 0.3 is 0 Å². The van der Waals surface area contributed by atoms with Gasteiger partial charge in [-0.15, -0.1) is 6.58 Å². The van der Waals surface area contributed by atoms with Crippen molar-refractivity contribution in [3.05, 3.63) is 83.5 Å². The molecule has 0 amide bonds. The van der Waals surface area contributed by atoms with Crippen LogP contribution in [0.5, 0.6) is 0 Å². The zero-order valence-corrected chi connectivity index (χ0v) is 15.9. The summed E-state index contributed by atoms with van der Waals surface area (Å²) >= 11 is 0. The smallest absolute Gasteiger partial charge is 0.195 e. The van der Waals surface area contributed by atoms with Gasteiger partial charge in [-0.1, -0.05) is 6.08 Å². The van der Waals surface area contributed by atoms with Crippen LogP contribution in [0.4, 0.5) is 26.3 Å². The standard InChI is InChI=1S/C24H18F6/c1-2-12-3-5-13(6-4-12)14-8-17(25)21(18(26)9-14)15-7-16-11-20(28)23(29)24(30)22(16)19(27)10-15/h2,7-13H,1,3-6H2/t12-,13-. The van der Waals surface area contributed by atoms with Crippen LogP contribution >= 0.6 is 0 Å². The molecule has 3 aromatic rings. The summed E-state index contributed by atoms with van der Waals surface area (Å²) in [7, 11) is 0. The summed E-state index contributed by atoms with van der Waals surface area (Å²) in [4.78, 5) is 0. The quantitative estimate of drug-likeness (QED) is 0.230. The number of benzene rings is 3. The van der Waals surface area contributed by atoms with Crippen molar-refractivity contribution in [2.75, 3.05) is 0 Å². The van der Waals surface area contributed by atoms with E-state index in [-0.39, 0.29) is 16.9 Å². The fourth-order valence-electron chi connectivity index (χ4n) is 4.32. The van der Waals surface area contributed by atoms with Gasteiger partial charge in [0, 0.05) is 0 Å². The fraction of sp³-hybridized carbons (Fsp3) is 0.250. The Bertz CT molecular complexity index is 1120. The Morgan fingerprint density at radius 1 is 0.700 bits per heavy atom. The largest absolute Gasteiger partial charge is 0.206 e. The minimum Gasteiger partial charge on any atom is -0.206 e. The first-order chi connectivity index (χ1) is 14.3. The van der Waals surface area contributed by atoms with Gasteiger partial charge in [-0.3, -0.25) is 0 Å². The van der Waals surface area contributed by atoms with Crippen LogP contribution in [0.25, 0.3) is 21.9 Å². The van der Waals surface area contributed by atoms with Gasteiger partial charge in [0.25, 0.3) is 0 Å². The van der Waals surface area contributed by atoms with Crippen LogP contribution in [0.15, 0.2) is 43.0 Å². The minimum absolute atomic E-state index is 0.0127. The van der Waals surface area contributed by atoms with E-state index in [9.17, 15) is 26.3 Å². The molecule has 0 atom stereocenters. The molecule has 0 bridgehead atoms. The Kier molecular flexibility index (Phi) is 5.35. The van der Waals surface area contributed by atoms with Crippen molar-refractivity contribution in [1.29, 1.82) is 0 Å². The molecule has 156 valence electrons. The second-order valence-electron chi connectivity index (χ2n) is 7.75. The monoisotopic (exact) mass is 420 g/mol. The van der Waals surface area contributed by atoms with E-state index < -0.39 is 45.9 Å². The molecule has 30 heavy (non-hydrogen) atoms. The van der Waals surface area contributed by atoms with Gasteiger partial charge in [0.2, 0.25) is 0 Å². The van der Waals surface area contributed by atoms with Gasteiger partial charge in [0.1, 0.15) is 17.5 Å². The van der Waals surface area contributed by atoms with Gasteiger partial charge in [-0.05, 0) is 84.4 Å². The average Bonchev–Trinajstić information content (AvgIpc) is 2.71. The van der Waals surface area contributed by atoms with E-state index in [1.807, 2.05) is 6.08 Å². The molecule has 0 unspecified atom stereocenters. The lowest BCUT2D eigenvalue weighted by molar-refractivity contribution is 0.374. The van der Waals surface area contributed by atoms with Crippen molar-refractivity contribution < 1.29 is 26.3 Å². The van der Waals surface area contributed by atoms with Gasteiger partial charge < -0.3 is 0 Å². The third-order valence-electron chi connectivity index (χ3n) is 5.95. The lowest BCUT2D eigenvalue weighted by atomic mass is 9.78. The molecular weight excluding hydrogens is 402 g/mol. The normalized spacial score (nSPS) is 19.3. The fourth-order valence-corrected chi connectivity index (χ4v) is 4.32. The molecule has 1 saturated carbocycles. The molecular formula is C24H18F6. The van der Waals surface area contributed by atoms with Crippen LogP contribution in [0.2, 0.25) is 0 Å². The highest BCUT2D eigenvalue weighted by Gasteiger charge is 2.24. The third-order valence-corrected chi connectivity index (χ3v) is 5.95. The Morgan fingerprint density at radius 3 is 1.93 bits per heavy atom. The van der Waals surface area contributed by atoms with E-state index in [0.717, 1.165) is 37.8 Å². The lowest BCUT2D eigenvalue weighted by Crippen LogP contribution is -2.12. The van der Waals surface area contributed by atoms with Crippen LogP contribution in [-0.2, 0) is 0 Å². The van der Waals surface area contributed by atoms with Crippen molar-refractivity contribution in [2.45, 2.75) is 31.6 Å². The molecule has 3 aromatic carbocycles. The molecule has 0 spiro atoms. The van der Waals surface area contributed by atoms with Crippen molar-refractivity contribution in [3.8, 4) is 11.1 Å². The van der Waals surface area contributed by atoms with Gasteiger partial charge in [0.15, 0.2) is 17.5 Å². The number of rotatable bonds is 3. The van der Waals surface area contributed by atoms with Crippen molar-refractivity contribution in [2.24, 2.45) is 5.92 Å². The van der Waals surface area contributed by atoms with Crippen molar-refractivity contribution >= 4 is 10.8 Å². The molecule has 6 heteroatoms. The summed E-state index contributed by atoms with van der Waals surface area (Å²) in [5.74, 6) is -7.59. The highest BCUT2D eigenvalue weighted by Crippen LogP contribution is 2.39. The first-order valence-electron chi connectivity index (χ1n) is 9.68. The summed E-state index contributed by atoms with van der Waals surface area (Å²) in [6.07, 6.45) is 5.24. The Hall–Kier alpha value is -2.76. The number of allylic oxidation sites excluding steroid dienone is 1. The molecule has 1 aliphatic rings. The Labute approximate surface area is 169 Å². The maximum atomic E-state index is 14.9. The average molecular weight is 420 g/mol. The SMILES string of the molecule is C=C[C@H]1CC[C@H](c2cc(F)c(-c3cc(F)c4c(F)c(F)c(F)cc4c3)c(F)c2)CC1. The van der Waals surface area contributed by atoms with E-state index >= 15 is 0 Å². The molecule has 0 saturated heterocycles. The topological polar surface area (TPSA) is 0 Å². The Morgan fingerprint density at radius 2 is 1.33 bits per heavy atom. The third kappa shape index (κ3) is 3.48. The second kappa shape index (κ2) is 7.82. The molecule has 1 fully saturated rings. The maximum absolute atomic E-state index is 14.9. The molecule has 0 aromatic heterocycles. The summed E-state index contributed by atoms with van der Waals surface area (Å²) in [5.41, 5.74) is -0.191. The van der Waals surface area contributed by atoms with Gasteiger partial charge in [-0.25, -0.2) is 26.3 Å². The summed E-state index contributed by atoms with van der Waals surface area (Å²) < 4.78 is 85.0. The molecule has 0 N–H and O–H groups in total. The number of fused-ring (bicyclic) bond motifs is 1. The van der Waals surface area contributed by atoms with E-state index in [1.54, 1.807) is 0 Å². The number of hydrogen-bond donors (Lipinski definition) is 0. The Balaban J connectivity index is 1.77. The zero-order valence-electron chi connectivity index (χ0n) is 15.9.